The third-order valence-electron chi connectivity index (χ3n) is 2.96. The van der Waals surface area contributed by atoms with Crippen molar-refractivity contribution in [1.29, 1.82) is 0 Å². The molecule has 0 radical (unpaired) electrons. The van der Waals surface area contributed by atoms with Gasteiger partial charge in [0.05, 0.1) is 5.56 Å². The zero-order valence-corrected chi connectivity index (χ0v) is 10.7. The normalized spacial score (nSPS) is 23.6. The lowest BCUT2D eigenvalue weighted by atomic mass is 10.2. The Labute approximate surface area is 106 Å². The minimum absolute atomic E-state index is 0.336. The van der Waals surface area contributed by atoms with Crippen LogP contribution in [-0.2, 0) is 0 Å². The average molecular weight is 251 g/mol. The minimum Gasteiger partial charge on any atom is -0.478 e. The summed E-state index contributed by atoms with van der Waals surface area (Å²) in [5, 5.41) is 13.6. The molecule has 0 saturated carbocycles. The Balaban J connectivity index is 1.90. The lowest BCUT2D eigenvalue weighted by Crippen LogP contribution is -2.14. The quantitative estimate of drug-likeness (QED) is 0.863. The van der Waals surface area contributed by atoms with Gasteiger partial charge in [-0.1, -0.05) is 13.0 Å². The van der Waals surface area contributed by atoms with E-state index in [4.69, 9.17) is 5.11 Å². The van der Waals surface area contributed by atoms with Gasteiger partial charge in [0.15, 0.2) is 0 Å². The van der Waals surface area contributed by atoms with Gasteiger partial charge in [-0.2, -0.15) is 11.8 Å². The van der Waals surface area contributed by atoms with Crippen molar-refractivity contribution in [3.8, 4) is 0 Å². The van der Waals surface area contributed by atoms with Crippen LogP contribution in [0.5, 0.6) is 0 Å². The van der Waals surface area contributed by atoms with Crippen molar-refractivity contribution >= 4 is 23.4 Å². The minimum atomic E-state index is -0.877. The zero-order valence-electron chi connectivity index (χ0n) is 9.85. The Morgan fingerprint density at radius 3 is 3.00 bits per heavy atom. The average Bonchev–Trinajstić information content (AvgIpc) is 2.73. The first-order valence-corrected chi connectivity index (χ1v) is 6.82. The highest BCUT2D eigenvalue weighted by molar-refractivity contribution is 8.00. The van der Waals surface area contributed by atoms with Crippen LogP contribution in [0.15, 0.2) is 24.3 Å². The topological polar surface area (TPSA) is 49.3 Å². The monoisotopic (exact) mass is 251 g/mol. The molecule has 1 saturated heterocycles. The van der Waals surface area contributed by atoms with Crippen molar-refractivity contribution in [3.05, 3.63) is 29.8 Å². The lowest BCUT2D eigenvalue weighted by Gasteiger charge is -2.12. The third-order valence-corrected chi connectivity index (χ3v) is 4.45. The summed E-state index contributed by atoms with van der Waals surface area (Å²) in [7, 11) is 0. The van der Waals surface area contributed by atoms with E-state index in [9.17, 15) is 4.79 Å². The first-order chi connectivity index (χ1) is 8.15. The molecule has 3 nitrogen and oxygen atoms in total. The molecule has 2 rings (SSSR count). The van der Waals surface area contributed by atoms with E-state index in [0.29, 0.717) is 10.8 Å². The second-order valence-corrected chi connectivity index (χ2v) is 6.16. The molecule has 1 aliphatic heterocycles. The van der Waals surface area contributed by atoms with Crippen LogP contribution in [0.1, 0.15) is 30.1 Å². The number of carbonyl (C=O) groups is 1. The fourth-order valence-corrected chi connectivity index (χ4v) is 3.41. The number of anilines is 1. The molecule has 0 amide bonds. The van der Waals surface area contributed by atoms with Crippen LogP contribution < -0.4 is 5.32 Å². The van der Waals surface area contributed by atoms with Gasteiger partial charge in [0.1, 0.15) is 0 Å². The fraction of sp³-hybridized carbons (Fsp3) is 0.462. The summed E-state index contributed by atoms with van der Waals surface area (Å²) in [6.45, 7) is 3.17. The van der Waals surface area contributed by atoms with Crippen LogP contribution in [0.4, 0.5) is 5.69 Å². The molecule has 4 heteroatoms. The van der Waals surface area contributed by atoms with Crippen molar-refractivity contribution in [2.45, 2.75) is 30.3 Å². The number of rotatable bonds is 4. The summed E-state index contributed by atoms with van der Waals surface area (Å²) in [5.74, 6) is -0.877. The Morgan fingerprint density at radius 1 is 1.53 bits per heavy atom. The first-order valence-electron chi connectivity index (χ1n) is 5.88. The van der Waals surface area contributed by atoms with Gasteiger partial charge in [0.2, 0.25) is 0 Å². The Bertz CT molecular complexity index is 408. The number of hydrogen-bond donors (Lipinski definition) is 2. The van der Waals surface area contributed by atoms with Crippen molar-refractivity contribution in [1.82, 2.24) is 0 Å². The van der Waals surface area contributed by atoms with E-state index in [0.717, 1.165) is 17.5 Å². The smallest absolute Gasteiger partial charge is 0.335 e. The Hall–Kier alpha value is -1.16. The lowest BCUT2D eigenvalue weighted by molar-refractivity contribution is 0.0697. The van der Waals surface area contributed by atoms with Gasteiger partial charge in [-0.15, -0.1) is 0 Å². The molecule has 2 N–H and O–H groups in total. The van der Waals surface area contributed by atoms with E-state index in [1.54, 1.807) is 18.2 Å². The highest BCUT2D eigenvalue weighted by Crippen LogP contribution is 2.33. The maximum Gasteiger partial charge on any atom is 0.335 e. The van der Waals surface area contributed by atoms with E-state index in [1.165, 1.54) is 12.8 Å². The van der Waals surface area contributed by atoms with Crippen LogP contribution in [0.25, 0.3) is 0 Å². The SMILES string of the molecule is CC1CCC(CNc2cccc(C(=O)O)c2)S1. The number of carboxylic acid groups (broad SMARTS) is 1. The maximum absolute atomic E-state index is 10.8. The molecule has 1 fully saturated rings. The van der Waals surface area contributed by atoms with Crippen molar-refractivity contribution in [3.63, 3.8) is 0 Å². The summed E-state index contributed by atoms with van der Waals surface area (Å²) < 4.78 is 0. The number of aromatic carboxylic acids is 1. The van der Waals surface area contributed by atoms with Crippen molar-refractivity contribution in [2.75, 3.05) is 11.9 Å². The molecule has 2 unspecified atom stereocenters. The van der Waals surface area contributed by atoms with Crippen molar-refractivity contribution < 1.29 is 9.90 Å². The van der Waals surface area contributed by atoms with Crippen LogP contribution in [-0.4, -0.2) is 28.1 Å². The highest BCUT2D eigenvalue weighted by atomic mass is 32.2. The number of carboxylic acids is 1. The number of hydrogen-bond acceptors (Lipinski definition) is 3. The van der Waals surface area contributed by atoms with E-state index < -0.39 is 5.97 Å². The van der Waals surface area contributed by atoms with Crippen LogP contribution in [0.3, 0.4) is 0 Å². The number of nitrogens with one attached hydrogen (secondary N) is 1. The molecule has 0 aliphatic carbocycles. The highest BCUT2D eigenvalue weighted by Gasteiger charge is 2.21. The van der Waals surface area contributed by atoms with Crippen LogP contribution >= 0.6 is 11.8 Å². The largest absolute Gasteiger partial charge is 0.478 e. The van der Waals surface area contributed by atoms with Gasteiger partial charge < -0.3 is 10.4 Å². The molecule has 1 aliphatic rings. The molecule has 1 aromatic carbocycles. The molecule has 0 bridgehead atoms. The summed E-state index contributed by atoms with van der Waals surface area (Å²) >= 11 is 2.02. The molecule has 1 heterocycles. The molecular formula is C13H17NO2S. The predicted octanol–water partition coefficient (Wildman–Crippen LogP) is 3.08. The summed E-state index contributed by atoms with van der Waals surface area (Å²) in [5.41, 5.74) is 1.23. The molecule has 0 aromatic heterocycles. The zero-order chi connectivity index (χ0) is 12.3. The second kappa shape index (κ2) is 5.45. The number of benzene rings is 1. The van der Waals surface area contributed by atoms with Gasteiger partial charge in [-0.25, -0.2) is 4.79 Å². The molecule has 92 valence electrons. The van der Waals surface area contributed by atoms with Gasteiger partial charge in [0.25, 0.3) is 0 Å². The van der Waals surface area contributed by atoms with Crippen LogP contribution in [0, 0.1) is 0 Å². The molecule has 17 heavy (non-hydrogen) atoms. The molecule has 2 atom stereocenters. The van der Waals surface area contributed by atoms with E-state index >= 15 is 0 Å². The third kappa shape index (κ3) is 3.40. The predicted molar refractivity (Wildman–Crippen MR) is 72.0 cm³/mol. The first kappa shape index (κ1) is 12.3. The van der Waals surface area contributed by atoms with Gasteiger partial charge in [-0.3, -0.25) is 0 Å². The fourth-order valence-electron chi connectivity index (χ4n) is 2.03. The van der Waals surface area contributed by atoms with Crippen molar-refractivity contribution in [2.24, 2.45) is 0 Å². The standard InChI is InChI=1S/C13H17NO2S/c1-9-5-6-12(17-9)8-14-11-4-2-3-10(7-11)13(15)16/h2-4,7,9,12,14H,5-6,8H2,1H3,(H,15,16). The van der Waals surface area contributed by atoms with E-state index in [2.05, 4.69) is 12.2 Å². The summed E-state index contributed by atoms with van der Waals surface area (Å²) in [6.07, 6.45) is 2.53. The van der Waals surface area contributed by atoms with Gasteiger partial charge >= 0.3 is 5.97 Å². The Morgan fingerprint density at radius 2 is 2.35 bits per heavy atom. The molecule has 1 aromatic rings. The van der Waals surface area contributed by atoms with E-state index in [-0.39, 0.29) is 0 Å². The summed E-state index contributed by atoms with van der Waals surface area (Å²) in [4.78, 5) is 10.8. The van der Waals surface area contributed by atoms with E-state index in [1.807, 2.05) is 17.8 Å². The van der Waals surface area contributed by atoms with Gasteiger partial charge in [0, 0.05) is 22.7 Å². The number of thioether (sulfide) groups is 1. The molecular weight excluding hydrogens is 234 g/mol. The second-order valence-electron chi connectivity index (χ2n) is 4.41. The Kier molecular flexibility index (Phi) is 3.94. The van der Waals surface area contributed by atoms with Crippen LogP contribution in [0.2, 0.25) is 0 Å². The molecule has 0 spiro atoms. The summed E-state index contributed by atoms with van der Waals surface area (Å²) in [6, 6.07) is 6.98. The maximum atomic E-state index is 10.8. The van der Waals surface area contributed by atoms with Gasteiger partial charge in [-0.05, 0) is 31.0 Å².